The minimum atomic E-state index is -4.40. The smallest absolute Gasteiger partial charge is 0.416 e. The summed E-state index contributed by atoms with van der Waals surface area (Å²) in [7, 11) is 1.34. The van der Waals surface area contributed by atoms with Crippen LogP contribution in [0.25, 0.3) is 0 Å². The van der Waals surface area contributed by atoms with Crippen molar-refractivity contribution in [2.45, 2.75) is 32.0 Å². The lowest BCUT2D eigenvalue weighted by Crippen LogP contribution is -2.34. The predicted molar refractivity (Wildman–Crippen MR) is 67.7 cm³/mol. The van der Waals surface area contributed by atoms with Gasteiger partial charge in [0.25, 0.3) is 0 Å². The number of rotatable bonds is 3. The summed E-state index contributed by atoms with van der Waals surface area (Å²) in [4.78, 5) is 0. The monoisotopic (exact) mass is 325 g/mol. The SMILES string of the molecule is COc1cc(C(F)(F)F)cc(Br)c1CC(C)(C)N. The molecule has 0 aliphatic carbocycles. The Morgan fingerprint density at radius 3 is 2.22 bits per heavy atom. The van der Waals surface area contributed by atoms with Crippen molar-refractivity contribution in [3.63, 3.8) is 0 Å². The minimum Gasteiger partial charge on any atom is -0.496 e. The van der Waals surface area contributed by atoms with Crippen LogP contribution in [0.1, 0.15) is 25.0 Å². The minimum absolute atomic E-state index is 0.190. The van der Waals surface area contributed by atoms with Gasteiger partial charge in [-0.2, -0.15) is 13.2 Å². The lowest BCUT2D eigenvalue weighted by Gasteiger charge is -2.22. The van der Waals surface area contributed by atoms with Gasteiger partial charge in [-0.05, 0) is 32.4 Å². The molecule has 2 nitrogen and oxygen atoms in total. The maximum atomic E-state index is 12.7. The molecule has 18 heavy (non-hydrogen) atoms. The molecule has 1 aromatic rings. The molecule has 0 unspecified atom stereocenters. The summed E-state index contributed by atoms with van der Waals surface area (Å²) in [6, 6.07) is 2.04. The first kappa shape index (κ1) is 15.3. The summed E-state index contributed by atoms with van der Waals surface area (Å²) in [6.45, 7) is 3.60. The zero-order valence-corrected chi connectivity index (χ0v) is 11.9. The van der Waals surface area contributed by atoms with Crippen LogP contribution in [0, 0.1) is 0 Å². The fourth-order valence-electron chi connectivity index (χ4n) is 1.58. The second-order valence-electron chi connectivity index (χ2n) is 4.80. The molecule has 0 spiro atoms. The first-order chi connectivity index (χ1) is 8.04. The van der Waals surface area contributed by atoms with Gasteiger partial charge in [0.1, 0.15) is 5.75 Å². The van der Waals surface area contributed by atoms with E-state index in [2.05, 4.69) is 15.9 Å². The highest BCUT2D eigenvalue weighted by Gasteiger charge is 2.32. The Hall–Kier alpha value is -0.750. The van der Waals surface area contributed by atoms with Crippen molar-refractivity contribution in [3.8, 4) is 5.75 Å². The van der Waals surface area contributed by atoms with E-state index >= 15 is 0 Å². The molecule has 0 aliphatic heterocycles. The number of ether oxygens (including phenoxy) is 1. The van der Waals surface area contributed by atoms with Gasteiger partial charge in [0.2, 0.25) is 0 Å². The zero-order valence-electron chi connectivity index (χ0n) is 10.4. The summed E-state index contributed by atoms with van der Waals surface area (Å²) in [5.41, 5.74) is 5.24. The summed E-state index contributed by atoms with van der Waals surface area (Å²) in [5.74, 6) is 0.190. The van der Waals surface area contributed by atoms with Crippen LogP contribution in [-0.2, 0) is 12.6 Å². The van der Waals surface area contributed by atoms with Crippen LogP contribution in [0.5, 0.6) is 5.75 Å². The van der Waals surface area contributed by atoms with Crippen molar-refractivity contribution in [1.29, 1.82) is 0 Å². The van der Waals surface area contributed by atoms with Crippen LogP contribution in [0.4, 0.5) is 13.2 Å². The van der Waals surface area contributed by atoms with Gasteiger partial charge in [0.05, 0.1) is 12.7 Å². The van der Waals surface area contributed by atoms with Gasteiger partial charge >= 0.3 is 6.18 Å². The molecule has 1 rings (SSSR count). The van der Waals surface area contributed by atoms with E-state index in [0.29, 0.717) is 16.5 Å². The molecule has 0 radical (unpaired) electrons. The number of hydrogen-bond donors (Lipinski definition) is 1. The highest BCUT2D eigenvalue weighted by atomic mass is 79.9. The van der Waals surface area contributed by atoms with Gasteiger partial charge in [-0.1, -0.05) is 15.9 Å². The summed E-state index contributed by atoms with van der Waals surface area (Å²) < 4.78 is 43.3. The number of hydrogen-bond acceptors (Lipinski definition) is 2. The van der Waals surface area contributed by atoms with E-state index in [1.54, 1.807) is 13.8 Å². The fourth-order valence-corrected chi connectivity index (χ4v) is 2.17. The average Bonchev–Trinajstić information content (AvgIpc) is 2.17. The maximum Gasteiger partial charge on any atom is 0.416 e. The number of nitrogens with two attached hydrogens (primary N) is 1. The van der Waals surface area contributed by atoms with Crippen molar-refractivity contribution in [3.05, 3.63) is 27.7 Å². The van der Waals surface area contributed by atoms with Crippen LogP contribution in [-0.4, -0.2) is 12.6 Å². The average molecular weight is 326 g/mol. The van der Waals surface area contributed by atoms with E-state index in [0.717, 1.165) is 12.1 Å². The lowest BCUT2D eigenvalue weighted by molar-refractivity contribution is -0.137. The molecule has 0 heterocycles. The van der Waals surface area contributed by atoms with E-state index in [1.807, 2.05) is 0 Å². The first-order valence-electron chi connectivity index (χ1n) is 5.27. The molecule has 2 N–H and O–H groups in total. The standard InChI is InChI=1S/C12H15BrF3NO/c1-11(2,17)6-8-9(13)4-7(12(14,15)16)5-10(8)18-3/h4-5H,6,17H2,1-3H3. The van der Waals surface area contributed by atoms with Crippen LogP contribution in [0.3, 0.4) is 0 Å². The van der Waals surface area contributed by atoms with E-state index in [-0.39, 0.29) is 5.75 Å². The molecule has 0 aliphatic rings. The Morgan fingerprint density at radius 2 is 1.83 bits per heavy atom. The van der Waals surface area contributed by atoms with Crippen LogP contribution in [0.2, 0.25) is 0 Å². The van der Waals surface area contributed by atoms with Gasteiger partial charge in [-0.15, -0.1) is 0 Å². The van der Waals surface area contributed by atoms with Gasteiger partial charge in [0.15, 0.2) is 0 Å². The molecular formula is C12H15BrF3NO. The molecule has 0 saturated heterocycles. The van der Waals surface area contributed by atoms with Crippen molar-refractivity contribution in [2.75, 3.05) is 7.11 Å². The van der Waals surface area contributed by atoms with Gasteiger partial charge in [-0.3, -0.25) is 0 Å². The topological polar surface area (TPSA) is 35.2 Å². The number of alkyl halides is 3. The van der Waals surface area contributed by atoms with E-state index in [9.17, 15) is 13.2 Å². The molecular weight excluding hydrogens is 311 g/mol. The normalized spacial score (nSPS) is 12.7. The van der Waals surface area contributed by atoms with Crippen LogP contribution < -0.4 is 10.5 Å². The van der Waals surface area contributed by atoms with Crippen LogP contribution in [0.15, 0.2) is 16.6 Å². The fraction of sp³-hybridized carbons (Fsp3) is 0.500. The number of benzene rings is 1. The molecule has 0 amide bonds. The van der Waals surface area contributed by atoms with Crippen molar-refractivity contribution in [1.82, 2.24) is 0 Å². The molecule has 1 aromatic carbocycles. The third kappa shape index (κ3) is 3.88. The molecule has 0 bridgehead atoms. The highest BCUT2D eigenvalue weighted by Crippen LogP contribution is 2.38. The Kier molecular flexibility index (Phi) is 4.33. The molecule has 0 saturated carbocycles. The summed E-state index contributed by atoms with van der Waals surface area (Å²) >= 11 is 3.15. The molecule has 6 heteroatoms. The van der Waals surface area contributed by atoms with E-state index in [1.165, 1.54) is 7.11 Å². The molecule has 0 atom stereocenters. The predicted octanol–water partition coefficient (Wildman–Crippen LogP) is 3.76. The number of methoxy groups -OCH3 is 1. The lowest BCUT2D eigenvalue weighted by atomic mass is 9.94. The van der Waals surface area contributed by atoms with E-state index < -0.39 is 17.3 Å². The molecule has 0 fully saturated rings. The van der Waals surface area contributed by atoms with Crippen molar-refractivity contribution < 1.29 is 17.9 Å². The van der Waals surface area contributed by atoms with Gasteiger partial charge in [-0.25, -0.2) is 0 Å². The second kappa shape index (κ2) is 5.09. The third-order valence-corrected chi connectivity index (χ3v) is 3.04. The quantitative estimate of drug-likeness (QED) is 0.918. The third-order valence-electron chi connectivity index (χ3n) is 2.33. The zero-order chi connectivity index (χ0) is 14.1. The Morgan fingerprint density at radius 1 is 1.28 bits per heavy atom. The maximum absolute atomic E-state index is 12.7. The van der Waals surface area contributed by atoms with Crippen molar-refractivity contribution in [2.24, 2.45) is 5.73 Å². The summed E-state index contributed by atoms with van der Waals surface area (Å²) in [5, 5.41) is 0. The number of halogens is 4. The largest absolute Gasteiger partial charge is 0.496 e. The van der Waals surface area contributed by atoms with E-state index in [4.69, 9.17) is 10.5 Å². The first-order valence-corrected chi connectivity index (χ1v) is 6.06. The van der Waals surface area contributed by atoms with Gasteiger partial charge in [0, 0.05) is 15.6 Å². The Balaban J connectivity index is 3.29. The highest BCUT2D eigenvalue weighted by molar-refractivity contribution is 9.10. The Labute approximate surface area is 112 Å². The van der Waals surface area contributed by atoms with Crippen molar-refractivity contribution >= 4 is 15.9 Å². The molecule has 102 valence electrons. The van der Waals surface area contributed by atoms with Crippen LogP contribution >= 0.6 is 15.9 Å². The Bertz CT molecular complexity index is 438. The molecule has 0 aromatic heterocycles. The second-order valence-corrected chi connectivity index (χ2v) is 5.66. The van der Waals surface area contributed by atoms with Gasteiger partial charge < -0.3 is 10.5 Å². The summed E-state index contributed by atoms with van der Waals surface area (Å²) in [6.07, 6.45) is -3.98.